The van der Waals surface area contributed by atoms with Gasteiger partial charge in [-0.25, -0.2) is 4.98 Å². The summed E-state index contributed by atoms with van der Waals surface area (Å²) in [6.07, 6.45) is 5.91. The molecule has 1 aliphatic rings. The lowest BCUT2D eigenvalue weighted by Gasteiger charge is -2.30. The number of nitrogens with one attached hydrogen (secondary N) is 2. The van der Waals surface area contributed by atoms with Crippen LogP contribution in [0.2, 0.25) is 0 Å². The number of benzene rings is 1. The van der Waals surface area contributed by atoms with Crippen LogP contribution < -0.4 is 15.4 Å². The smallest absolute Gasteiger partial charge is 0.218 e. The molecule has 1 aromatic heterocycles. The van der Waals surface area contributed by atoms with Crippen LogP contribution in [0.5, 0.6) is 5.88 Å². The van der Waals surface area contributed by atoms with Crippen molar-refractivity contribution in [3.8, 4) is 5.88 Å². The molecule has 0 amide bonds. The fraction of sp³-hybridized carbons (Fsp3) is 0.478. The third-order valence-corrected chi connectivity index (χ3v) is 7.10. The summed E-state index contributed by atoms with van der Waals surface area (Å²) < 4.78 is 18.1. The van der Waals surface area contributed by atoms with Gasteiger partial charge in [-0.1, -0.05) is 49.7 Å². The summed E-state index contributed by atoms with van der Waals surface area (Å²) in [5, 5.41) is 7.17. The minimum Gasteiger partial charge on any atom is -0.473 e. The van der Waals surface area contributed by atoms with Gasteiger partial charge < -0.3 is 15.4 Å². The zero-order chi connectivity index (χ0) is 21.2. The van der Waals surface area contributed by atoms with E-state index in [0.717, 1.165) is 48.5 Å². The summed E-state index contributed by atoms with van der Waals surface area (Å²) in [6.45, 7) is 3.05. The van der Waals surface area contributed by atoms with Crippen LogP contribution in [0.25, 0.3) is 0 Å². The van der Waals surface area contributed by atoms with Crippen molar-refractivity contribution in [2.75, 3.05) is 12.8 Å². The van der Waals surface area contributed by atoms with Crippen LogP contribution in [0.1, 0.15) is 43.7 Å². The van der Waals surface area contributed by atoms with Crippen LogP contribution in [0.4, 0.5) is 0 Å². The van der Waals surface area contributed by atoms with Crippen molar-refractivity contribution in [1.29, 1.82) is 0 Å². The van der Waals surface area contributed by atoms with Crippen LogP contribution in [0.3, 0.4) is 0 Å². The number of guanidine groups is 1. The maximum absolute atomic E-state index is 12.2. The van der Waals surface area contributed by atoms with E-state index in [1.807, 2.05) is 49.4 Å². The second-order valence-corrected chi connectivity index (χ2v) is 9.47. The van der Waals surface area contributed by atoms with E-state index in [2.05, 4.69) is 20.6 Å². The van der Waals surface area contributed by atoms with Crippen molar-refractivity contribution in [3.63, 3.8) is 0 Å². The summed E-state index contributed by atoms with van der Waals surface area (Å²) in [7, 11) is 1.04. The number of hydrogen-bond donors (Lipinski definition) is 2. The Bertz CT molecular complexity index is 844. The Morgan fingerprint density at radius 3 is 2.83 bits per heavy atom. The Kier molecular flexibility index (Phi) is 8.68. The highest BCUT2D eigenvalue weighted by molar-refractivity contribution is 7.85. The number of hydrogen-bond acceptors (Lipinski definition) is 4. The van der Waals surface area contributed by atoms with Gasteiger partial charge in [0.2, 0.25) is 5.88 Å². The Morgan fingerprint density at radius 2 is 2.07 bits per heavy atom. The molecule has 3 unspecified atom stereocenters. The number of rotatable bonds is 8. The summed E-state index contributed by atoms with van der Waals surface area (Å²) in [6, 6.07) is 14.3. The molecule has 0 radical (unpaired) electrons. The molecule has 162 valence electrons. The van der Waals surface area contributed by atoms with Gasteiger partial charge in [-0.3, -0.25) is 9.20 Å². The molecule has 0 spiro atoms. The highest BCUT2D eigenvalue weighted by Gasteiger charge is 2.26. The van der Waals surface area contributed by atoms with Gasteiger partial charge >= 0.3 is 0 Å². The van der Waals surface area contributed by atoms with Gasteiger partial charge in [0.05, 0.1) is 0 Å². The SMILES string of the molecule is CCS(=O)C1CCCC(NC(=NC)NCc2cccnc2OCc2ccccc2)C1. The Morgan fingerprint density at radius 1 is 1.23 bits per heavy atom. The summed E-state index contributed by atoms with van der Waals surface area (Å²) >= 11 is 0. The standard InChI is InChI=1S/C23H32N4O2S/c1-3-30(28)21-13-7-12-20(15-21)27-23(24-2)26-16-19-11-8-14-25-22(19)29-17-18-9-5-4-6-10-18/h4-6,8-11,14,20-21H,3,7,12-13,15-17H2,1-2H3,(H2,24,26,27). The van der Waals surface area contributed by atoms with E-state index in [-0.39, 0.29) is 5.25 Å². The van der Waals surface area contributed by atoms with Crippen LogP contribution in [-0.4, -0.2) is 39.2 Å². The largest absolute Gasteiger partial charge is 0.473 e. The molecule has 7 heteroatoms. The summed E-state index contributed by atoms with van der Waals surface area (Å²) in [4.78, 5) is 8.76. The van der Waals surface area contributed by atoms with Gasteiger partial charge in [-0.05, 0) is 30.9 Å². The normalized spacial score (nSPS) is 20.4. The first-order valence-electron chi connectivity index (χ1n) is 10.6. The molecule has 2 N–H and O–H groups in total. The Balaban J connectivity index is 1.54. The van der Waals surface area contributed by atoms with Gasteiger partial charge in [-0.15, -0.1) is 0 Å². The van der Waals surface area contributed by atoms with Crippen LogP contribution in [0, 0.1) is 0 Å². The van der Waals surface area contributed by atoms with E-state index in [1.165, 1.54) is 0 Å². The molecule has 30 heavy (non-hydrogen) atoms. The Labute approximate surface area is 182 Å². The molecule has 1 fully saturated rings. The van der Waals surface area contributed by atoms with Crippen LogP contribution >= 0.6 is 0 Å². The molecule has 1 heterocycles. The summed E-state index contributed by atoms with van der Waals surface area (Å²) in [5.74, 6) is 2.11. The predicted octanol–water partition coefficient (Wildman–Crippen LogP) is 3.41. The van der Waals surface area contributed by atoms with Gasteiger partial charge in [-0.2, -0.15) is 0 Å². The minimum atomic E-state index is -0.731. The number of pyridine rings is 1. The zero-order valence-corrected chi connectivity index (χ0v) is 18.7. The molecule has 0 bridgehead atoms. The maximum atomic E-state index is 12.2. The molecule has 1 aliphatic carbocycles. The van der Waals surface area contributed by atoms with Crippen molar-refractivity contribution in [2.45, 2.75) is 57.1 Å². The highest BCUT2D eigenvalue weighted by atomic mass is 32.2. The molecule has 0 aliphatic heterocycles. The van der Waals surface area contributed by atoms with E-state index < -0.39 is 10.8 Å². The molecule has 0 saturated heterocycles. The predicted molar refractivity (Wildman–Crippen MR) is 123 cm³/mol. The van der Waals surface area contributed by atoms with Gasteiger partial charge in [0.15, 0.2) is 5.96 Å². The topological polar surface area (TPSA) is 75.6 Å². The Hall–Kier alpha value is -2.41. The number of aromatic nitrogens is 1. The first-order chi connectivity index (χ1) is 14.7. The van der Waals surface area contributed by atoms with Crippen molar-refractivity contribution >= 4 is 16.8 Å². The van der Waals surface area contributed by atoms with Crippen molar-refractivity contribution < 1.29 is 8.95 Å². The van der Waals surface area contributed by atoms with Crippen molar-refractivity contribution in [3.05, 3.63) is 59.8 Å². The fourth-order valence-electron chi connectivity index (χ4n) is 3.73. The average molecular weight is 429 g/mol. The number of nitrogens with zero attached hydrogens (tertiary/aromatic N) is 2. The second-order valence-electron chi connectivity index (χ2n) is 7.47. The fourth-order valence-corrected chi connectivity index (χ4v) is 5.08. The third kappa shape index (κ3) is 6.55. The molecule has 3 rings (SSSR count). The summed E-state index contributed by atoms with van der Waals surface area (Å²) in [5.41, 5.74) is 2.08. The van der Waals surface area contributed by atoms with Gasteiger partial charge in [0, 0.05) is 53.2 Å². The lowest BCUT2D eigenvalue weighted by molar-refractivity contribution is 0.290. The van der Waals surface area contributed by atoms with Crippen molar-refractivity contribution in [1.82, 2.24) is 15.6 Å². The van der Waals surface area contributed by atoms with Crippen LogP contribution in [-0.2, 0) is 24.0 Å². The van der Waals surface area contributed by atoms with Gasteiger partial charge in [0.1, 0.15) is 6.61 Å². The molecule has 6 nitrogen and oxygen atoms in total. The van der Waals surface area contributed by atoms with Crippen molar-refractivity contribution in [2.24, 2.45) is 4.99 Å². The third-order valence-electron chi connectivity index (χ3n) is 5.36. The lowest BCUT2D eigenvalue weighted by atomic mass is 9.95. The van der Waals surface area contributed by atoms with Crippen LogP contribution in [0.15, 0.2) is 53.7 Å². The first kappa shape index (κ1) is 22.3. The van der Waals surface area contributed by atoms with E-state index >= 15 is 0 Å². The molecular formula is C23H32N4O2S. The molecule has 2 aromatic rings. The van der Waals surface area contributed by atoms with E-state index in [0.29, 0.717) is 25.1 Å². The highest BCUT2D eigenvalue weighted by Crippen LogP contribution is 2.23. The number of aliphatic imine (C=N–C) groups is 1. The molecular weight excluding hydrogens is 396 g/mol. The first-order valence-corrected chi connectivity index (χ1v) is 12.0. The molecule has 3 atom stereocenters. The van der Waals surface area contributed by atoms with E-state index in [1.54, 1.807) is 13.2 Å². The average Bonchev–Trinajstić information content (AvgIpc) is 2.81. The number of ether oxygens (including phenoxy) is 1. The molecule has 1 aromatic carbocycles. The monoisotopic (exact) mass is 428 g/mol. The van der Waals surface area contributed by atoms with E-state index in [4.69, 9.17) is 4.74 Å². The minimum absolute atomic E-state index is 0.288. The molecule has 1 saturated carbocycles. The van der Waals surface area contributed by atoms with E-state index in [9.17, 15) is 4.21 Å². The second kappa shape index (κ2) is 11.7. The lowest BCUT2D eigenvalue weighted by Crippen LogP contribution is -2.46. The zero-order valence-electron chi connectivity index (χ0n) is 17.8. The maximum Gasteiger partial charge on any atom is 0.218 e. The van der Waals surface area contributed by atoms with Gasteiger partial charge in [0.25, 0.3) is 0 Å². The quantitative estimate of drug-likeness (QED) is 0.498.